The van der Waals surface area contributed by atoms with E-state index in [4.69, 9.17) is 4.74 Å². The van der Waals surface area contributed by atoms with Gasteiger partial charge in [-0.1, -0.05) is 32.8 Å². The summed E-state index contributed by atoms with van der Waals surface area (Å²) >= 11 is 0. The molecule has 8 heteroatoms. The molecule has 1 aliphatic heterocycles. The topological polar surface area (TPSA) is 101 Å². The number of likely N-dealkylation sites (N-methyl/N-ethyl adjacent to an activating group) is 1. The zero-order chi connectivity index (χ0) is 28.1. The van der Waals surface area contributed by atoms with E-state index in [1.165, 1.54) is 10.5 Å². The number of carboxylic acids is 1. The molecule has 1 saturated carbocycles. The Kier molecular flexibility index (Phi) is 6.91. The normalized spacial score (nSPS) is 19.1. The molecule has 8 nitrogen and oxygen atoms in total. The van der Waals surface area contributed by atoms with Crippen molar-refractivity contribution in [1.82, 2.24) is 14.8 Å². The van der Waals surface area contributed by atoms with Gasteiger partial charge in [-0.2, -0.15) is 0 Å². The van der Waals surface area contributed by atoms with Gasteiger partial charge in [0.2, 0.25) is 0 Å². The number of rotatable bonds is 8. The van der Waals surface area contributed by atoms with Gasteiger partial charge in [-0.3, -0.25) is 9.59 Å². The lowest BCUT2D eigenvalue weighted by molar-refractivity contribution is -0.144. The number of carboxylic acid groups (broad SMARTS) is 1. The smallest absolute Gasteiger partial charge is 0.335 e. The summed E-state index contributed by atoms with van der Waals surface area (Å²) in [7, 11) is 4.77. The molecule has 2 aromatic carbocycles. The molecule has 0 saturated heterocycles. The van der Waals surface area contributed by atoms with E-state index in [0.717, 1.165) is 59.2 Å². The Bertz CT molecular complexity index is 1470. The van der Waals surface area contributed by atoms with Gasteiger partial charge in [-0.15, -0.1) is 0 Å². The monoisotopic (exact) mass is 531 g/mol. The summed E-state index contributed by atoms with van der Waals surface area (Å²) in [6.07, 6.45) is 4.80. The fourth-order valence-electron chi connectivity index (χ4n) is 6.51. The molecule has 0 radical (unpaired) electrons. The van der Waals surface area contributed by atoms with E-state index in [-0.39, 0.29) is 11.5 Å². The molecule has 2 aliphatic rings. The summed E-state index contributed by atoms with van der Waals surface area (Å²) < 4.78 is 7.80. The van der Waals surface area contributed by atoms with Crippen molar-refractivity contribution in [3.05, 3.63) is 53.1 Å². The Labute approximate surface area is 228 Å². The highest BCUT2D eigenvalue weighted by Gasteiger charge is 2.59. The molecule has 0 spiro atoms. The summed E-state index contributed by atoms with van der Waals surface area (Å²) in [6.45, 7) is 4.84. The largest absolute Gasteiger partial charge is 0.497 e. The summed E-state index contributed by atoms with van der Waals surface area (Å²) in [5, 5.41) is 14.0. The predicted octanol–water partition coefficient (Wildman–Crippen LogP) is 5.14. The van der Waals surface area contributed by atoms with Gasteiger partial charge in [-0.25, -0.2) is 4.79 Å². The molecule has 2 atom stereocenters. The zero-order valence-corrected chi connectivity index (χ0v) is 23.3. The molecule has 5 rings (SSSR count). The molecule has 0 bridgehead atoms. The molecule has 2 N–H and O–H groups in total. The van der Waals surface area contributed by atoms with Gasteiger partial charge < -0.3 is 24.6 Å². The number of benzene rings is 2. The molecule has 1 aromatic heterocycles. The van der Waals surface area contributed by atoms with Gasteiger partial charge in [0.25, 0.3) is 0 Å². The first-order valence-corrected chi connectivity index (χ1v) is 13.8. The maximum absolute atomic E-state index is 13.0. The number of hydrogen-bond donors (Lipinski definition) is 2. The standard InChI is InChI=1S/C31H37N3O5/c1-6-8-18(9-7-2)26-22-12-10-19(30(37)38)14-25(22)34-17-31(32-28(35)29(36)33(3)4)16-24(31)23-15-20(39-5)11-13-21(23)27(26)34/h10-15,18,24H,6-9,16-17H2,1-5H3,(H,32,35)(H,37,38). The van der Waals surface area contributed by atoms with Crippen LogP contribution in [-0.4, -0.2) is 59.1 Å². The van der Waals surface area contributed by atoms with Crippen molar-refractivity contribution in [2.75, 3.05) is 21.2 Å². The fraction of sp³-hybridized carbons (Fsp3) is 0.452. The number of carbonyl (C=O) groups excluding carboxylic acids is 2. The highest BCUT2D eigenvalue weighted by molar-refractivity contribution is 6.35. The van der Waals surface area contributed by atoms with E-state index in [9.17, 15) is 19.5 Å². The van der Waals surface area contributed by atoms with Crippen LogP contribution in [0.5, 0.6) is 5.75 Å². The molecule has 2 unspecified atom stereocenters. The van der Waals surface area contributed by atoms with Crippen LogP contribution in [0.1, 0.15) is 79.3 Å². The summed E-state index contributed by atoms with van der Waals surface area (Å²) in [6, 6.07) is 11.5. The van der Waals surface area contributed by atoms with E-state index < -0.39 is 23.3 Å². The van der Waals surface area contributed by atoms with E-state index in [2.05, 4.69) is 35.9 Å². The van der Waals surface area contributed by atoms with Crippen molar-refractivity contribution >= 4 is 28.7 Å². The second-order valence-electron chi connectivity index (χ2n) is 11.2. The lowest BCUT2D eigenvalue weighted by Crippen LogP contribution is -2.47. The first-order chi connectivity index (χ1) is 18.7. The highest BCUT2D eigenvalue weighted by Crippen LogP contribution is 2.59. The van der Waals surface area contributed by atoms with Crippen LogP contribution in [-0.2, 0) is 16.1 Å². The number of fused-ring (bicyclic) bond motifs is 7. The maximum Gasteiger partial charge on any atom is 0.335 e. The number of carbonyl (C=O) groups is 3. The third-order valence-electron chi connectivity index (χ3n) is 8.40. The third kappa shape index (κ3) is 4.45. The lowest BCUT2D eigenvalue weighted by atomic mass is 9.85. The van der Waals surface area contributed by atoms with Crippen molar-refractivity contribution in [2.45, 2.75) is 69.9 Å². The summed E-state index contributed by atoms with van der Waals surface area (Å²) in [4.78, 5) is 38.8. The number of aromatic nitrogens is 1. The quantitative estimate of drug-likeness (QED) is 0.392. The van der Waals surface area contributed by atoms with Crippen LogP contribution in [0.15, 0.2) is 36.4 Å². The third-order valence-corrected chi connectivity index (χ3v) is 8.40. The predicted molar refractivity (Wildman–Crippen MR) is 150 cm³/mol. The van der Waals surface area contributed by atoms with Crippen LogP contribution in [0.2, 0.25) is 0 Å². The van der Waals surface area contributed by atoms with E-state index in [1.54, 1.807) is 33.3 Å². The van der Waals surface area contributed by atoms with Crippen molar-refractivity contribution in [2.24, 2.45) is 0 Å². The van der Waals surface area contributed by atoms with Crippen LogP contribution in [0.3, 0.4) is 0 Å². The number of methoxy groups -OCH3 is 1. The number of nitrogens with one attached hydrogen (secondary N) is 1. The first-order valence-electron chi connectivity index (χ1n) is 13.8. The maximum atomic E-state index is 13.0. The van der Waals surface area contributed by atoms with E-state index in [0.29, 0.717) is 18.9 Å². The molecule has 3 aromatic rings. The second-order valence-corrected chi connectivity index (χ2v) is 11.2. The Balaban J connectivity index is 1.80. The van der Waals surface area contributed by atoms with Gasteiger partial charge in [0.05, 0.1) is 23.9 Å². The average molecular weight is 532 g/mol. The van der Waals surface area contributed by atoms with Gasteiger partial charge in [0.1, 0.15) is 5.75 Å². The number of aromatic carboxylic acids is 1. The molecule has 39 heavy (non-hydrogen) atoms. The zero-order valence-electron chi connectivity index (χ0n) is 23.3. The number of nitrogens with zero attached hydrogens (tertiary/aromatic N) is 2. The minimum atomic E-state index is -0.977. The Morgan fingerprint density at radius 2 is 1.85 bits per heavy atom. The van der Waals surface area contributed by atoms with Crippen LogP contribution in [0.4, 0.5) is 0 Å². The molecular formula is C31H37N3O5. The number of hydrogen-bond acceptors (Lipinski definition) is 4. The fourth-order valence-corrected chi connectivity index (χ4v) is 6.51. The van der Waals surface area contributed by atoms with Crippen LogP contribution in [0, 0.1) is 0 Å². The van der Waals surface area contributed by atoms with Crippen molar-refractivity contribution in [1.29, 1.82) is 0 Å². The minimum absolute atomic E-state index is 0.00256. The molecule has 1 aliphatic carbocycles. The number of ether oxygens (including phenoxy) is 1. The Morgan fingerprint density at radius 1 is 1.13 bits per heavy atom. The summed E-state index contributed by atoms with van der Waals surface area (Å²) in [5.41, 5.74) is 4.89. The van der Waals surface area contributed by atoms with Crippen molar-refractivity contribution in [3.63, 3.8) is 0 Å². The van der Waals surface area contributed by atoms with Gasteiger partial charge in [-0.05, 0) is 66.6 Å². The summed E-state index contributed by atoms with van der Waals surface area (Å²) in [5.74, 6) is -1.16. The minimum Gasteiger partial charge on any atom is -0.497 e. The average Bonchev–Trinajstić information content (AvgIpc) is 3.54. The first kappa shape index (κ1) is 26.8. The SMILES string of the molecule is CCCC(CCC)c1c2n(c3cc(C(=O)O)ccc13)CC1(NC(=O)C(=O)N(C)C)CC1c1cc(OC)ccc1-2. The van der Waals surface area contributed by atoms with Gasteiger partial charge in [0, 0.05) is 43.0 Å². The molecule has 2 amide bonds. The van der Waals surface area contributed by atoms with Gasteiger partial charge in [0.15, 0.2) is 0 Å². The van der Waals surface area contributed by atoms with Crippen LogP contribution >= 0.6 is 0 Å². The molecule has 2 heterocycles. The van der Waals surface area contributed by atoms with E-state index >= 15 is 0 Å². The van der Waals surface area contributed by atoms with Crippen LogP contribution < -0.4 is 10.1 Å². The van der Waals surface area contributed by atoms with Gasteiger partial charge >= 0.3 is 17.8 Å². The van der Waals surface area contributed by atoms with E-state index in [1.807, 2.05) is 12.1 Å². The van der Waals surface area contributed by atoms with Crippen molar-refractivity contribution < 1.29 is 24.2 Å². The second kappa shape index (κ2) is 10.1. The van der Waals surface area contributed by atoms with Crippen molar-refractivity contribution in [3.8, 4) is 17.0 Å². The number of amides is 2. The molecular weight excluding hydrogens is 494 g/mol. The highest BCUT2D eigenvalue weighted by atomic mass is 16.5. The van der Waals surface area contributed by atoms with Crippen LogP contribution in [0.25, 0.3) is 22.2 Å². The molecule has 206 valence electrons. The Morgan fingerprint density at radius 3 is 2.46 bits per heavy atom. The molecule has 1 fully saturated rings. The Hall–Kier alpha value is -3.81. The lowest BCUT2D eigenvalue weighted by Gasteiger charge is -2.22.